The van der Waals surface area contributed by atoms with Crippen molar-refractivity contribution in [3.63, 3.8) is 0 Å². The third-order valence-corrected chi connectivity index (χ3v) is 3.92. The highest BCUT2D eigenvalue weighted by molar-refractivity contribution is 5.83. The van der Waals surface area contributed by atoms with Crippen LogP contribution in [0.1, 0.15) is 52.4 Å². The lowest BCUT2D eigenvalue weighted by Crippen LogP contribution is -2.50. The van der Waals surface area contributed by atoms with Gasteiger partial charge in [0.15, 0.2) is 0 Å². The molecule has 3 N–H and O–H groups in total. The molecule has 106 valence electrons. The largest absolute Gasteiger partial charge is 0.393 e. The van der Waals surface area contributed by atoms with Gasteiger partial charge in [-0.25, -0.2) is 0 Å². The van der Waals surface area contributed by atoms with E-state index in [1.54, 1.807) is 0 Å². The van der Waals surface area contributed by atoms with Crippen molar-refractivity contribution in [2.45, 2.75) is 58.5 Å². The van der Waals surface area contributed by atoms with Crippen LogP contribution >= 0.6 is 0 Å². The third-order valence-electron chi connectivity index (χ3n) is 3.92. The lowest BCUT2D eigenvalue weighted by molar-refractivity contribution is -0.132. The standard InChI is InChI=1S/C14H28N2O2/c1-3-7-14(8-5-9-15-11-14)13(18)16-10-6-12(17)4-2/h12,15,17H,3-11H2,1-2H3,(H,16,18). The van der Waals surface area contributed by atoms with Crippen molar-refractivity contribution in [1.29, 1.82) is 0 Å². The van der Waals surface area contributed by atoms with Crippen LogP contribution in [0.2, 0.25) is 0 Å². The molecule has 18 heavy (non-hydrogen) atoms. The number of aliphatic hydroxyl groups is 1. The summed E-state index contributed by atoms with van der Waals surface area (Å²) in [4.78, 5) is 12.3. The maximum Gasteiger partial charge on any atom is 0.227 e. The normalized spacial score (nSPS) is 25.7. The van der Waals surface area contributed by atoms with Crippen molar-refractivity contribution in [1.82, 2.24) is 10.6 Å². The highest BCUT2D eigenvalue weighted by Crippen LogP contribution is 2.31. The Morgan fingerprint density at radius 3 is 2.83 bits per heavy atom. The number of amides is 1. The van der Waals surface area contributed by atoms with Crippen molar-refractivity contribution in [3.05, 3.63) is 0 Å². The summed E-state index contributed by atoms with van der Waals surface area (Å²) in [6, 6.07) is 0. The van der Waals surface area contributed by atoms with E-state index in [0.29, 0.717) is 13.0 Å². The van der Waals surface area contributed by atoms with E-state index in [9.17, 15) is 9.90 Å². The Morgan fingerprint density at radius 1 is 1.50 bits per heavy atom. The van der Waals surface area contributed by atoms with Gasteiger partial charge in [-0.3, -0.25) is 4.79 Å². The fourth-order valence-electron chi connectivity index (χ4n) is 2.71. The molecule has 0 aromatic heterocycles. The molecule has 1 amide bonds. The molecule has 4 heteroatoms. The Labute approximate surface area is 111 Å². The van der Waals surface area contributed by atoms with Crippen LogP contribution in [0.3, 0.4) is 0 Å². The van der Waals surface area contributed by atoms with Crippen LogP contribution in [0.5, 0.6) is 0 Å². The van der Waals surface area contributed by atoms with Crippen LogP contribution in [0.15, 0.2) is 0 Å². The van der Waals surface area contributed by atoms with E-state index in [4.69, 9.17) is 0 Å². The van der Waals surface area contributed by atoms with E-state index in [1.165, 1.54) is 0 Å². The first-order chi connectivity index (χ1) is 8.64. The van der Waals surface area contributed by atoms with Gasteiger partial charge in [-0.2, -0.15) is 0 Å². The van der Waals surface area contributed by atoms with E-state index >= 15 is 0 Å². The minimum atomic E-state index is -0.295. The molecule has 0 bridgehead atoms. The number of carbonyl (C=O) groups is 1. The minimum Gasteiger partial charge on any atom is -0.393 e. The zero-order valence-corrected chi connectivity index (χ0v) is 11.8. The van der Waals surface area contributed by atoms with E-state index in [1.807, 2.05) is 6.92 Å². The molecular weight excluding hydrogens is 228 g/mol. The highest BCUT2D eigenvalue weighted by atomic mass is 16.3. The number of piperidine rings is 1. The summed E-state index contributed by atoms with van der Waals surface area (Å²) >= 11 is 0. The quantitative estimate of drug-likeness (QED) is 0.646. The average Bonchev–Trinajstić information content (AvgIpc) is 2.39. The molecule has 0 aliphatic carbocycles. The second-order valence-corrected chi connectivity index (χ2v) is 5.42. The zero-order chi connectivity index (χ0) is 13.4. The molecule has 4 nitrogen and oxygen atoms in total. The number of carbonyl (C=O) groups excluding carboxylic acids is 1. The summed E-state index contributed by atoms with van der Waals surface area (Å²) in [5.41, 5.74) is -0.218. The summed E-state index contributed by atoms with van der Waals surface area (Å²) in [6.07, 6.45) is 5.14. The highest BCUT2D eigenvalue weighted by Gasteiger charge is 2.38. The maximum atomic E-state index is 12.3. The fourth-order valence-corrected chi connectivity index (χ4v) is 2.71. The van der Waals surface area contributed by atoms with Crippen molar-refractivity contribution in [2.75, 3.05) is 19.6 Å². The molecule has 0 saturated carbocycles. The van der Waals surface area contributed by atoms with Gasteiger partial charge >= 0.3 is 0 Å². The maximum absolute atomic E-state index is 12.3. The van der Waals surface area contributed by atoms with Gasteiger partial charge in [0.2, 0.25) is 5.91 Å². The summed E-state index contributed by atoms with van der Waals surface area (Å²) in [5, 5.41) is 15.8. The molecule has 1 fully saturated rings. The third kappa shape index (κ3) is 4.25. The van der Waals surface area contributed by atoms with Crippen LogP contribution in [0, 0.1) is 5.41 Å². The second kappa shape index (κ2) is 7.74. The van der Waals surface area contributed by atoms with Gasteiger partial charge < -0.3 is 15.7 Å². The van der Waals surface area contributed by atoms with Crippen molar-refractivity contribution in [2.24, 2.45) is 5.41 Å². The first-order valence-electron chi connectivity index (χ1n) is 7.31. The zero-order valence-electron chi connectivity index (χ0n) is 11.8. The first kappa shape index (κ1) is 15.4. The molecule has 1 aliphatic heterocycles. The second-order valence-electron chi connectivity index (χ2n) is 5.42. The number of aliphatic hydroxyl groups excluding tert-OH is 1. The Balaban J connectivity index is 2.44. The molecule has 0 aromatic rings. The Morgan fingerprint density at radius 2 is 2.28 bits per heavy atom. The number of hydrogen-bond donors (Lipinski definition) is 3. The van der Waals surface area contributed by atoms with Crippen LogP contribution < -0.4 is 10.6 Å². The van der Waals surface area contributed by atoms with Gasteiger partial charge in [0, 0.05) is 13.1 Å². The predicted molar refractivity (Wildman–Crippen MR) is 73.4 cm³/mol. The lowest BCUT2D eigenvalue weighted by atomic mass is 9.76. The monoisotopic (exact) mass is 256 g/mol. The molecule has 0 aromatic carbocycles. The molecular formula is C14H28N2O2. The van der Waals surface area contributed by atoms with Crippen molar-refractivity contribution < 1.29 is 9.90 Å². The van der Waals surface area contributed by atoms with Crippen molar-refractivity contribution >= 4 is 5.91 Å². The SMILES string of the molecule is CCCC1(C(=O)NCCC(O)CC)CCCNC1. The molecule has 0 spiro atoms. The van der Waals surface area contributed by atoms with Gasteiger partial charge in [-0.1, -0.05) is 20.3 Å². The number of rotatable bonds is 7. The molecule has 1 heterocycles. The van der Waals surface area contributed by atoms with Crippen molar-refractivity contribution in [3.8, 4) is 0 Å². The van der Waals surface area contributed by atoms with E-state index in [0.717, 1.165) is 45.2 Å². The minimum absolute atomic E-state index is 0.167. The van der Waals surface area contributed by atoms with E-state index < -0.39 is 0 Å². The number of nitrogens with one attached hydrogen (secondary N) is 2. The van der Waals surface area contributed by atoms with Gasteiger partial charge in [-0.05, 0) is 38.6 Å². The topological polar surface area (TPSA) is 61.4 Å². The smallest absolute Gasteiger partial charge is 0.227 e. The molecule has 2 unspecified atom stereocenters. The molecule has 2 atom stereocenters. The summed E-state index contributed by atoms with van der Waals surface area (Å²) < 4.78 is 0. The van der Waals surface area contributed by atoms with E-state index in [-0.39, 0.29) is 17.4 Å². The van der Waals surface area contributed by atoms with Crippen LogP contribution in [0.25, 0.3) is 0 Å². The summed E-state index contributed by atoms with van der Waals surface area (Å²) in [7, 11) is 0. The van der Waals surface area contributed by atoms with Crippen LogP contribution in [-0.2, 0) is 4.79 Å². The van der Waals surface area contributed by atoms with Crippen LogP contribution in [-0.4, -0.2) is 36.8 Å². The molecule has 1 aliphatic rings. The van der Waals surface area contributed by atoms with Gasteiger partial charge in [-0.15, -0.1) is 0 Å². The summed E-state index contributed by atoms with van der Waals surface area (Å²) in [6.45, 7) is 6.48. The van der Waals surface area contributed by atoms with Gasteiger partial charge in [0.1, 0.15) is 0 Å². The van der Waals surface area contributed by atoms with Gasteiger partial charge in [0.05, 0.1) is 11.5 Å². The van der Waals surface area contributed by atoms with Gasteiger partial charge in [0.25, 0.3) is 0 Å². The Bertz CT molecular complexity index is 245. The Hall–Kier alpha value is -0.610. The molecule has 1 saturated heterocycles. The molecule has 1 rings (SSSR count). The molecule has 0 radical (unpaired) electrons. The fraction of sp³-hybridized carbons (Fsp3) is 0.929. The van der Waals surface area contributed by atoms with E-state index in [2.05, 4.69) is 17.6 Å². The lowest BCUT2D eigenvalue weighted by Gasteiger charge is -2.36. The van der Waals surface area contributed by atoms with Crippen LogP contribution in [0.4, 0.5) is 0 Å². The summed E-state index contributed by atoms with van der Waals surface area (Å²) in [5.74, 6) is 0.167. The predicted octanol–water partition coefficient (Wildman–Crippen LogP) is 1.43. The first-order valence-corrected chi connectivity index (χ1v) is 7.31. The average molecular weight is 256 g/mol. The Kier molecular flexibility index (Phi) is 6.65. The number of hydrogen-bond acceptors (Lipinski definition) is 3.